The molecule has 178 valence electrons. The van der Waals surface area contributed by atoms with Crippen LogP contribution in [0.5, 0.6) is 5.75 Å². The molecule has 1 heterocycles. The second kappa shape index (κ2) is 10.6. The SMILES string of the molecule is CCOC(OCC)C1(C)Oc2ccc([N+](=O)[O-])cc2C(NC(N)=NCc2ccccc2)C1O. The molecule has 10 heteroatoms. The lowest BCUT2D eigenvalue weighted by atomic mass is 9.84. The summed E-state index contributed by atoms with van der Waals surface area (Å²) in [6.45, 7) is 6.30. The fourth-order valence-electron chi connectivity index (χ4n) is 3.77. The summed E-state index contributed by atoms with van der Waals surface area (Å²) in [5.74, 6) is 0.431. The van der Waals surface area contributed by atoms with Crippen molar-refractivity contribution in [1.29, 1.82) is 0 Å². The number of nitrogens with zero attached hydrogens (tertiary/aromatic N) is 2. The van der Waals surface area contributed by atoms with Gasteiger partial charge in [0.05, 0.1) is 17.5 Å². The van der Waals surface area contributed by atoms with Crippen molar-refractivity contribution in [2.24, 2.45) is 10.7 Å². The van der Waals surface area contributed by atoms with E-state index < -0.39 is 29.0 Å². The minimum Gasteiger partial charge on any atom is -0.479 e. The van der Waals surface area contributed by atoms with Crippen molar-refractivity contribution >= 4 is 11.6 Å². The first kappa shape index (κ1) is 24.4. The Kier molecular flexibility index (Phi) is 7.85. The lowest BCUT2D eigenvalue weighted by molar-refractivity contribution is -0.385. The number of guanidine groups is 1. The second-order valence-electron chi connectivity index (χ2n) is 7.76. The molecule has 2 aromatic rings. The van der Waals surface area contributed by atoms with Crippen LogP contribution in [-0.2, 0) is 16.0 Å². The van der Waals surface area contributed by atoms with E-state index in [1.54, 1.807) is 6.92 Å². The zero-order chi connectivity index (χ0) is 24.0. The van der Waals surface area contributed by atoms with Crippen LogP contribution in [0.2, 0.25) is 0 Å². The first-order valence-corrected chi connectivity index (χ1v) is 10.8. The number of nitro groups is 1. The molecule has 1 aliphatic rings. The van der Waals surface area contributed by atoms with Crippen molar-refractivity contribution < 1.29 is 24.2 Å². The average molecular weight is 459 g/mol. The van der Waals surface area contributed by atoms with Crippen LogP contribution in [0.25, 0.3) is 0 Å². The Hall–Kier alpha value is -3.21. The molecule has 10 nitrogen and oxygen atoms in total. The van der Waals surface area contributed by atoms with E-state index in [-0.39, 0.29) is 11.6 Å². The molecular formula is C23H30N4O6. The normalized spacial score (nSPS) is 22.5. The largest absolute Gasteiger partial charge is 0.479 e. The molecule has 0 saturated heterocycles. The number of nitrogens with one attached hydrogen (secondary N) is 1. The van der Waals surface area contributed by atoms with E-state index in [0.717, 1.165) is 5.56 Å². The number of aliphatic imine (C=N–C) groups is 1. The lowest BCUT2D eigenvalue weighted by Gasteiger charge is -2.47. The molecule has 3 rings (SSSR count). The van der Waals surface area contributed by atoms with Gasteiger partial charge in [0.15, 0.2) is 17.9 Å². The van der Waals surface area contributed by atoms with Gasteiger partial charge in [0.2, 0.25) is 0 Å². The van der Waals surface area contributed by atoms with Gasteiger partial charge in [-0.3, -0.25) is 10.1 Å². The van der Waals surface area contributed by atoms with Gasteiger partial charge in [-0.15, -0.1) is 0 Å². The highest BCUT2D eigenvalue weighted by molar-refractivity contribution is 5.78. The van der Waals surface area contributed by atoms with E-state index >= 15 is 0 Å². The smallest absolute Gasteiger partial charge is 0.270 e. The maximum Gasteiger partial charge on any atom is 0.270 e. The second-order valence-corrected chi connectivity index (χ2v) is 7.76. The van der Waals surface area contributed by atoms with Crippen molar-refractivity contribution in [1.82, 2.24) is 5.32 Å². The molecule has 3 atom stereocenters. The Labute approximate surface area is 192 Å². The van der Waals surface area contributed by atoms with Crippen molar-refractivity contribution in [2.45, 2.75) is 51.4 Å². The fraction of sp³-hybridized carbons (Fsp3) is 0.435. The van der Waals surface area contributed by atoms with Crippen molar-refractivity contribution in [3.63, 3.8) is 0 Å². The fourth-order valence-corrected chi connectivity index (χ4v) is 3.77. The number of fused-ring (bicyclic) bond motifs is 1. The molecule has 0 aromatic heterocycles. The van der Waals surface area contributed by atoms with E-state index in [2.05, 4.69) is 10.3 Å². The lowest BCUT2D eigenvalue weighted by Crippen LogP contribution is -2.63. The van der Waals surface area contributed by atoms with Gasteiger partial charge < -0.3 is 30.4 Å². The number of rotatable bonds is 9. The summed E-state index contributed by atoms with van der Waals surface area (Å²) in [6, 6.07) is 12.9. The van der Waals surface area contributed by atoms with E-state index in [0.29, 0.717) is 31.1 Å². The third-order valence-electron chi connectivity index (χ3n) is 5.45. The monoisotopic (exact) mass is 458 g/mol. The minimum atomic E-state index is -1.33. The van der Waals surface area contributed by atoms with Gasteiger partial charge in [0.25, 0.3) is 5.69 Å². The number of benzene rings is 2. The molecule has 0 amide bonds. The van der Waals surface area contributed by atoms with Gasteiger partial charge in [-0.05, 0) is 32.4 Å². The Morgan fingerprint density at radius 2 is 1.94 bits per heavy atom. The maximum atomic E-state index is 11.4. The van der Waals surface area contributed by atoms with Crippen LogP contribution in [0.15, 0.2) is 53.5 Å². The van der Waals surface area contributed by atoms with E-state index in [1.807, 2.05) is 44.2 Å². The van der Waals surface area contributed by atoms with Crippen molar-refractivity contribution in [3.8, 4) is 5.75 Å². The highest BCUT2D eigenvalue weighted by Gasteiger charge is 2.53. The zero-order valence-corrected chi connectivity index (χ0v) is 18.9. The van der Waals surface area contributed by atoms with Gasteiger partial charge >= 0.3 is 0 Å². The number of nitro benzene ring substituents is 1. The molecule has 0 aliphatic carbocycles. The highest BCUT2D eigenvalue weighted by Crippen LogP contribution is 2.43. The molecule has 0 radical (unpaired) electrons. The molecule has 33 heavy (non-hydrogen) atoms. The minimum absolute atomic E-state index is 0.0778. The number of nitrogens with two attached hydrogens (primary N) is 1. The summed E-state index contributed by atoms with van der Waals surface area (Å²) in [4.78, 5) is 15.2. The van der Waals surface area contributed by atoms with Crippen LogP contribution in [0.3, 0.4) is 0 Å². The first-order chi connectivity index (χ1) is 15.8. The molecule has 0 spiro atoms. The number of aliphatic hydroxyl groups excluding tert-OH is 1. The van der Waals surface area contributed by atoms with Gasteiger partial charge in [-0.2, -0.15) is 0 Å². The number of hydrogen-bond donors (Lipinski definition) is 3. The summed E-state index contributed by atoms with van der Waals surface area (Å²) >= 11 is 0. The Bertz CT molecular complexity index is 980. The molecule has 3 unspecified atom stereocenters. The summed E-state index contributed by atoms with van der Waals surface area (Å²) in [7, 11) is 0. The number of aliphatic hydroxyl groups is 1. The summed E-state index contributed by atoms with van der Waals surface area (Å²) in [6.07, 6.45) is -2.13. The first-order valence-electron chi connectivity index (χ1n) is 10.8. The predicted octanol–water partition coefficient (Wildman–Crippen LogP) is 2.65. The molecule has 0 fully saturated rings. The van der Waals surface area contributed by atoms with E-state index in [9.17, 15) is 15.2 Å². The Morgan fingerprint density at radius 1 is 1.27 bits per heavy atom. The molecule has 0 bridgehead atoms. The Morgan fingerprint density at radius 3 is 2.55 bits per heavy atom. The molecule has 1 aliphatic heterocycles. The summed E-state index contributed by atoms with van der Waals surface area (Å²) in [5, 5.41) is 25.8. The Balaban J connectivity index is 1.97. The van der Waals surface area contributed by atoms with Crippen LogP contribution in [0.4, 0.5) is 5.69 Å². The maximum absolute atomic E-state index is 11.4. The highest BCUT2D eigenvalue weighted by atomic mass is 16.7. The van der Waals surface area contributed by atoms with Gasteiger partial charge in [0, 0.05) is 30.9 Å². The van der Waals surface area contributed by atoms with E-state index in [1.165, 1.54) is 18.2 Å². The van der Waals surface area contributed by atoms with Crippen molar-refractivity contribution in [2.75, 3.05) is 13.2 Å². The van der Waals surface area contributed by atoms with Gasteiger partial charge in [-0.25, -0.2) is 4.99 Å². The summed E-state index contributed by atoms with van der Waals surface area (Å²) in [5.41, 5.74) is 6.03. The predicted molar refractivity (Wildman–Crippen MR) is 123 cm³/mol. The molecule has 4 N–H and O–H groups in total. The van der Waals surface area contributed by atoms with Crippen LogP contribution >= 0.6 is 0 Å². The third-order valence-corrected chi connectivity index (χ3v) is 5.45. The number of hydrogen-bond acceptors (Lipinski definition) is 7. The van der Waals surface area contributed by atoms with E-state index in [4.69, 9.17) is 19.9 Å². The number of non-ortho nitro benzene ring substituents is 1. The van der Waals surface area contributed by atoms with Crippen LogP contribution in [0.1, 0.15) is 37.9 Å². The van der Waals surface area contributed by atoms with Crippen LogP contribution in [-0.4, -0.2) is 47.2 Å². The van der Waals surface area contributed by atoms with Crippen LogP contribution in [0, 0.1) is 10.1 Å². The van der Waals surface area contributed by atoms with Gasteiger partial charge in [0.1, 0.15) is 11.9 Å². The van der Waals surface area contributed by atoms with Crippen molar-refractivity contribution in [3.05, 3.63) is 69.8 Å². The number of ether oxygens (including phenoxy) is 3. The molecular weight excluding hydrogens is 428 g/mol. The third kappa shape index (κ3) is 5.41. The van der Waals surface area contributed by atoms with Crippen LogP contribution < -0.4 is 15.8 Å². The zero-order valence-electron chi connectivity index (χ0n) is 18.9. The molecule has 2 aromatic carbocycles. The molecule has 0 saturated carbocycles. The standard InChI is InChI=1S/C23H30N4O6/c1-4-31-21(32-5-2)23(3)20(28)19(17-13-16(27(29)30)11-12-18(17)33-23)26-22(24)25-14-15-9-7-6-8-10-15/h6-13,19-21,28H,4-5,14H2,1-3H3,(H3,24,25,26). The quantitative estimate of drug-likeness (QED) is 0.171. The van der Waals surface area contributed by atoms with Gasteiger partial charge in [-0.1, -0.05) is 30.3 Å². The topological polar surface area (TPSA) is 141 Å². The average Bonchev–Trinajstić information content (AvgIpc) is 2.81. The summed E-state index contributed by atoms with van der Waals surface area (Å²) < 4.78 is 17.6.